The van der Waals surface area contributed by atoms with Crippen molar-refractivity contribution in [1.29, 1.82) is 0 Å². The third-order valence-electron chi connectivity index (χ3n) is 3.70. The molecule has 0 spiro atoms. The molecule has 0 amide bonds. The van der Waals surface area contributed by atoms with Gasteiger partial charge in [-0.15, -0.1) is 0 Å². The van der Waals surface area contributed by atoms with E-state index in [4.69, 9.17) is 16.0 Å². The second kappa shape index (κ2) is 6.24. The van der Waals surface area contributed by atoms with E-state index in [0.717, 1.165) is 18.2 Å². The summed E-state index contributed by atoms with van der Waals surface area (Å²) < 4.78 is 5.09. The molecule has 0 aliphatic heterocycles. The van der Waals surface area contributed by atoms with Gasteiger partial charge in [-0.3, -0.25) is 0 Å². The van der Waals surface area contributed by atoms with E-state index in [1.165, 1.54) is 5.56 Å². The van der Waals surface area contributed by atoms with Crippen LogP contribution >= 0.6 is 11.6 Å². The van der Waals surface area contributed by atoms with Crippen molar-refractivity contribution >= 4 is 22.6 Å². The first-order valence-electron chi connectivity index (χ1n) is 7.13. The van der Waals surface area contributed by atoms with E-state index >= 15 is 0 Å². The number of aromatic hydroxyl groups is 1. The molecular weight excluding hydrogens is 300 g/mol. The Morgan fingerprint density at radius 1 is 1.00 bits per heavy atom. The average Bonchev–Trinajstić information content (AvgIpc) is 2.53. The van der Waals surface area contributed by atoms with Gasteiger partial charge < -0.3 is 9.52 Å². The van der Waals surface area contributed by atoms with E-state index in [1.807, 2.05) is 36.4 Å². The Morgan fingerprint density at radius 2 is 1.73 bits per heavy atom. The summed E-state index contributed by atoms with van der Waals surface area (Å²) >= 11 is 5.87. The van der Waals surface area contributed by atoms with Crippen LogP contribution in [0.15, 0.2) is 57.7 Å². The molecule has 0 saturated heterocycles. The molecule has 4 heteroatoms. The Morgan fingerprint density at radius 3 is 2.50 bits per heavy atom. The van der Waals surface area contributed by atoms with Gasteiger partial charge in [0.05, 0.1) is 0 Å². The lowest BCUT2D eigenvalue weighted by Crippen LogP contribution is -2.03. The van der Waals surface area contributed by atoms with Gasteiger partial charge in [-0.05, 0) is 43.0 Å². The molecule has 22 heavy (non-hydrogen) atoms. The van der Waals surface area contributed by atoms with Crippen LogP contribution in [-0.2, 0) is 12.8 Å². The van der Waals surface area contributed by atoms with Gasteiger partial charge in [-0.2, -0.15) is 0 Å². The minimum atomic E-state index is -0.680. The molecule has 0 aliphatic carbocycles. The van der Waals surface area contributed by atoms with Gasteiger partial charge in [-0.1, -0.05) is 41.9 Å². The summed E-state index contributed by atoms with van der Waals surface area (Å²) in [6.45, 7) is 0. The summed E-state index contributed by atoms with van der Waals surface area (Å²) in [5.74, 6) is -0.283. The number of hydrogen-bond donors (Lipinski definition) is 1. The van der Waals surface area contributed by atoms with Gasteiger partial charge in [0.2, 0.25) is 5.75 Å². The molecule has 3 nitrogen and oxygen atoms in total. The van der Waals surface area contributed by atoms with Crippen LogP contribution in [0.25, 0.3) is 11.0 Å². The molecular formula is C18H15ClO3. The summed E-state index contributed by atoms with van der Waals surface area (Å²) in [7, 11) is 0. The monoisotopic (exact) mass is 314 g/mol. The first-order chi connectivity index (χ1) is 10.6. The fourth-order valence-corrected chi connectivity index (χ4v) is 2.70. The van der Waals surface area contributed by atoms with E-state index in [9.17, 15) is 9.90 Å². The number of benzene rings is 2. The van der Waals surface area contributed by atoms with Gasteiger partial charge in [0.25, 0.3) is 0 Å². The predicted molar refractivity (Wildman–Crippen MR) is 87.6 cm³/mol. The first kappa shape index (κ1) is 14.7. The van der Waals surface area contributed by atoms with Gasteiger partial charge in [-0.25, -0.2) is 4.79 Å². The van der Waals surface area contributed by atoms with E-state index in [-0.39, 0.29) is 5.75 Å². The lowest BCUT2D eigenvalue weighted by molar-refractivity contribution is 0.421. The summed E-state index contributed by atoms with van der Waals surface area (Å²) in [5.41, 5.74) is 1.66. The second-order valence-corrected chi connectivity index (χ2v) is 5.63. The molecule has 0 atom stereocenters. The highest BCUT2D eigenvalue weighted by Crippen LogP contribution is 2.25. The molecule has 112 valence electrons. The van der Waals surface area contributed by atoms with Gasteiger partial charge >= 0.3 is 5.63 Å². The molecule has 0 bridgehead atoms. The molecule has 0 radical (unpaired) electrons. The number of aryl methyl sites for hydroxylation is 2. The molecule has 0 fully saturated rings. The molecule has 2 aromatic carbocycles. The van der Waals surface area contributed by atoms with Crippen LogP contribution in [0.4, 0.5) is 0 Å². The van der Waals surface area contributed by atoms with Crippen molar-refractivity contribution in [3.63, 3.8) is 0 Å². The Kier molecular flexibility index (Phi) is 4.16. The quantitative estimate of drug-likeness (QED) is 0.729. The third kappa shape index (κ3) is 3.00. The normalized spacial score (nSPS) is 11.0. The molecule has 3 aromatic rings. The van der Waals surface area contributed by atoms with Crippen LogP contribution in [0.5, 0.6) is 5.75 Å². The number of hydrogen-bond acceptors (Lipinski definition) is 3. The van der Waals surface area contributed by atoms with Crippen molar-refractivity contribution < 1.29 is 9.52 Å². The predicted octanol–water partition coefficient (Wildman–Crippen LogP) is 4.33. The zero-order valence-electron chi connectivity index (χ0n) is 11.9. The van der Waals surface area contributed by atoms with Gasteiger partial charge in [0.1, 0.15) is 5.58 Å². The molecule has 1 aromatic heterocycles. The minimum Gasteiger partial charge on any atom is -0.502 e. The summed E-state index contributed by atoms with van der Waals surface area (Å²) in [6.07, 6.45) is 2.29. The second-order valence-electron chi connectivity index (χ2n) is 5.19. The average molecular weight is 315 g/mol. The molecule has 0 saturated carbocycles. The number of halogens is 1. The maximum absolute atomic E-state index is 11.7. The maximum atomic E-state index is 11.7. The summed E-state index contributed by atoms with van der Waals surface area (Å²) in [5, 5.41) is 11.5. The molecule has 0 unspecified atom stereocenters. The van der Waals surface area contributed by atoms with E-state index < -0.39 is 5.63 Å². The van der Waals surface area contributed by atoms with Crippen molar-refractivity contribution in [3.8, 4) is 5.75 Å². The summed E-state index contributed by atoms with van der Waals surface area (Å²) in [4.78, 5) is 11.7. The van der Waals surface area contributed by atoms with Crippen molar-refractivity contribution in [1.82, 2.24) is 0 Å². The van der Waals surface area contributed by atoms with Crippen molar-refractivity contribution in [3.05, 3.63) is 75.1 Å². The molecule has 3 rings (SSSR count). The van der Waals surface area contributed by atoms with Gasteiger partial charge in [0, 0.05) is 16.0 Å². The maximum Gasteiger partial charge on any atom is 0.379 e. The van der Waals surface area contributed by atoms with Crippen molar-refractivity contribution in [2.24, 2.45) is 0 Å². The Balaban J connectivity index is 1.83. The fourth-order valence-electron chi connectivity index (χ4n) is 2.58. The van der Waals surface area contributed by atoms with E-state index in [1.54, 1.807) is 12.1 Å². The smallest absolute Gasteiger partial charge is 0.379 e. The Hall–Kier alpha value is -2.26. The zero-order valence-corrected chi connectivity index (χ0v) is 12.6. The first-order valence-corrected chi connectivity index (χ1v) is 7.51. The van der Waals surface area contributed by atoms with Crippen LogP contribution in [0.3, 0.4) is 0 Å². The van der Waals surface area contributed by atoms with E-state index in [2.05, 4.69) is 0 Å². The van der Waals surface area contributed by atoms with E-state index in [0.29, 0.717) is 22.6 Å². The number of rotatable bonds is 4. The van der Waals surface area contributed by atoms with Crippen LogP contribution < -0.4 is 5.63 Å². The van der Waals surface area contributed by atoms with Crippen molar-refractivity contribution in [2.75, 3.05) is 0 Å². The zero-order chi connectivity index (χ0) is 15.5. The third-order valence-corrected chi connectivity index (χ3v) is 3.95. The highest BCUT2D eigenvalue weighted by atomic mass is 35.5. The van der Waals surface area contributed by atoms with Crippen LogP contribution in [0, 0.1) is 0 Å². The largest absolute Gasteiger partial charge is 0.502 e. The standard InChI is InChI=1S/C18H15ClO3/c19-13-10-8-12(9-11-13)4-3-6-15-14-5-1-2-7-16(14)22-18(21)17(15)20/h1-2,5,7-11,20H,3-4,6H2. The van der Waals surface area contributed by atoms with Crippen LogP contribution in [0.2, 0.25) is 5.02 Å². The molecule has 1 heterocycles. The minimum absolute atomic E-state index is 0.283. The fraction of sp³-hybridized carbons (Fsp3) is 0.167. The molecule has 0 aliphatic rings. The van der Waals surface area contributed by atoms with Gasteiger partial charge in [0.15, 0.2) is 0 Å². The van der Waals surface area contributed by atoms with Crippen LogP contribution in [0.1, 0.15) is 17.5 Å². The highest BCUT2D eigenvalue weighted by molar-refractivity contribution is 6.30. The number of para-hydroxylation sites is 1. The lowest BCUT2D eigenvalue weighted by Gasteiger charge is -2.07. The molecule has 1 N–H and O–H groups in total. The SMILES string of the molecule is O=c1oc2ccccc2c(CCCc2ccc(Cl)cc2)c1O. The Bertz CT molecular complexity index is 850. The topological polar surface area (TPSA) is 50.4 Å². The highest BCUT2D eigenvalue weighted by Gasteiger charge is 2.12. The Labute approximate surface area is 132 Å². The summed E-state index contributed by atoms with van der Waals surface area (Å²) in [6, 6.07) is 15.0. The number of fused-ring (bicyclic) bond motifs is 1. The van der Waals surface area contributed by atoms with Crippen LogP contribution in [-0.4, -0.2) is 5.11 Å². The lowest BCUT2D eigenvalue weighted by atomic mass is 10.0. The van der Waals surface area contributed by atoms with Crippen molar-refractivity contribution in [2.45, 2.75) is 19.3 Å².